The van der Waals surface area contributed by atoms with Crippen molar-refractivity contribution in [2.24, 2.45) is 5.92 Å². The van der Waals surface area contributed by atoms with Gasteiger partial charge in [-0.25, -0.2) is 4.90 Å². The lowest BCUT2D eigenvalue weighted by Crippen LogP contribution is -3.17. The summed E-state index contributed by atoms with van der Waals surface area (Å²) in [5.41, 5.74) is 0.529. The highest BCUT2D eigenvalue weighted by molar-refractivity contribution is 6.31. The van der Waals surface area contributed by atoms with Gasteiger partial charge in [-0.2, -0.15) is 0 Å². The predicted molar refractivity (Wildman–Crippen MR) is 103 cm³/mol. The molecule has 0 aromatic heterocycles. The van der Waals surface area contributed by atoms with Gasteiger partial charge >= 0.3 is 0 Å². The van der Waals surface area contributed by atoms with Crippen LogP contribution >= 0.6 is 11.6 Å². The largest absolute Gasteiger partial charge is 0.378 e. The molecule has 1 aromatic carbocycles. The normalized spacial score (nSPS) is 28.7. The minimum Gasteiger partial charge on any atom is -0.378 e. The highest BCUT2D eigenvalue weighted by Crippen LogP contribution is 2.25. The van der Waals surface area contributed by atoms with Gasteiger partial charge in [-0.15, -0.1) is 0 Å². The van der Waals surface area contributed by atoms with Gasteiger partial charge in [-0.1, -0.05) is 17.7 Å². The van der Waals surface area contributed by atoms with Gasteiger partial charge in [-0.3, -0.25) is 14.4 Å². The summed E-state index contributed by atoms with van der Waals surface area (Å²) in [7, 11) is 0. The number of piperidine rings is 1. The molecule has 0 radical (unpaired) electrons. The Morgan fingerprint density at radius 3 is 2.54 bits per heavy atom. The Bertz CT molecular complexity index is 772. The summed E-state index contributed by atoms with van der Waals surface area (Å²) in [6.45, 7) is 4.00. The van der Waals surface area contributed by atoms with E-state index in [0.29, 0.717) is 37.0 Å². The Morgan fingerprint density at radius 1 is 1.14 bits per heavy atom. The summed E-state index contributed by atoms with van der Waals surface area (Å²) in [6.07, 6.45) is 1.71. The van der Waals surface area contributed by atoms with Gasteiger partial charge in [0.1, 0.15) is 0 Å². The SMILES string of the molecule is O=C(C1CC[NH+]([C@@H]2CC(=O)N(c3cccc(Cl)c3)C2=O)CC1)N1CCOCC1. The second kappa shape index (κ2) is 8.19. The van der Waals surface area contributed by atoms with Crippen molar-refractivity contribution < 1.29 is 24.0 Å². The number of nitrogens with zero attached hydrogens (tertiary/aromatic N) is 2. The van der Waals surface area contributed by atoms with Crippen LogP contribution in [0.1, 0.15) is 19.3 Å². The molecule has 0 aliphatic carbocycles. The minimum absolute atomic E-state index is 0.0121. The molecule has 1 N–H and O–H groups in total. The van der Waals surface area contributed by atoms with Crippen LogP contribution in [0.3, 0.4) is 0 Å². The molecule has 150 valence electrons. The maximum absolute atomic E-state index is 12.9. The van der Waals surface area contributed by atoms with E-state index < -0.39 is 0 Å². The van der Waals surface area contributed by atoms with Gasteiger partial charge in [0.2, 0.25) is 11.8 Å². The predicted octanol–water partition coefficient (Wildman–Crippen LogP) is 0.126. The van der Waals surface area contributed by atoms with Crippen LogP contribution < -0.4 is 9.80 Å². The number of rotatable bonds is 3. The highest BCUT2D eigenvalue weighted by Gasteiger charge is 2.47. The molecule has 0 bridgehead atoms. The molecular weight excluding hydrogens is 382 g/mol. The van der Waals surface area contributed by atoms with E-state index >= 15 is 0 Å². The summed E-state index contributed by atoms with van der Waals surface area (Å²) < 4.78 is 5.32. The quantitative estimate of drug-likeness (QED) is 0.724. The number of quaternary nitrogens is 1. The Labute approximate surface area is 169 Å². The van der Waals surface area contributed by atoms with Gasteiger partial charge < -0.3 is 14.5 Å². The third-order valence-corrected chi connectivity index (χ3v) is 6.24. The number of likely N-dealkylation sites (tertiary alicyclic amines) is 1. The maximum Gasteiger partial charge on any atom is 0.292 e. The summed E-state index contributed by atoms with van der Waals surface area (Å²) in [6, 6.07) is 6.46. The lowest BCUT2D eigenvalue weighted by Gasteiger charge is -2.35. The van der Waals surface area contributed by atoms with Crippen LogP contribution in [0.2, 0.25) is 5.02 Å². The zero-order valence-corrected chi connectivity index (χ0v) is 16.5. The molecule has 7 nitrogen and oxygen atoms in total. The Morgan fingerprint density at radius 2 is 1.86 bits per heavy atom. The molecule has 0 unspecified atom stereocenters. The number of ether oxygens (including phenoxy) is 1. The molecule has 4 rings (SSSR count). The molecule has 0 saturated carbocycles. The van der Waals surface area contributed by atoms with Gasteiger partial charge in [0.05, 0.1) is 38.4 Å². The standard InChI is InChI=1S/C20H24ClN3O4/c21-15-2-1-3-16(12-15)24-18(25)13-17(20(24)27)22-6-4-14(5-7-22)19(26)23-8-10-28-11-9-23/h1-3,12,14,17H,4-11,13H2/p+1/t17-/m1/s1. The molecule has 1 atom stereocenters. The number of nitrogens with one attached hydrogen (secondary N) is 1. The second-order valence-corrected chi connectivity index (χ2v) is 8.11. The lowest BCUT2D eigenvalue weighted by molar-refractivity contribution is -0.920. The monoisotopic (exact) mass is 406 g/mol. The molecule has 3 heterocycles. The molecule has 0 spiro atoms. The van der Waals surface area contributed by atoms with Crippen molar-refractivity contribution in [2.75, 3.05) is 44.3 Å². The van der Waals surface area contributed by atoms with Crippen LogP contribution in [0.25, 0.3) is 0 Å². The van der Waals surface area contributed by atoms with Gasteiger partial charge in [0, 0.05) is 36.9 Å². The van der Waals surface area contributed by atoms with Crippen LogP contribution in [-0.4, -0.2) is 68.1 Å². The van der Waals surface area contributed by atoms with Gasteiger partial charge in [0.25, 0.3) is 5.91 Å². The first-order valence-electron chi connectivity index (χ1n) is 9.88. The Hall–Kier alpha value is -1.96. The first-order valence-corrected chi connectivity index (χ1v) is 10.3. The molecule has 3 aliphatic heterocycles. The number of amides is 3. The van der Waals surface area contributed by atoms with Crippen molar-refractivity contribution in [1.82, 2.24) is 4.90 Å². The summed E-state index contributed by atoms with van der Waals surface area (Å²) in [5.74, 6) is -0.133. The average Bonchev–Trinajstić information content (AvgIpc) is 3.02. The molecule has 1 aromatic rings. The summed E-state index contributed by atoms with van der Waals surface area (Å²) >= 11 is 6.02. The van der Waals surface area contributed by atoms with Crippen molar-refractivity contribution in [1.29, 1.82) is 0 Å². The lowest BCUT2D eigenvalue weighted by atomic mass is 9.94. The summed E-state index contributed by atoms with van der Waals surface area (Å²) in [4.78, 5) is 42.4. The number of imide groups is 1. The van der Waals surface area contributed by atoms with Crippen molar-refractivity contribution in [3.05, 3.63) is 29.3 Å². The second-order valence-electron chi connectivity index (χ2n) is 7.67. The number of hydrogen-bond acceptors (Lipinski definition) is 4. The number of hydrogen-bond donors (Lipinski definition) is 1. The Balaban J connectivity index is 1.38. The van der Waals surface area contributed by atoms with Crippen molar-refractivity contribution in [2.45, 2.75) is 25.3 Å². The first kappa shape index (κ1) is 19.4. The summed E-state index contributed by atoms with van der Waals surface area (Å²) in [5, 5.41) is 0.497. The van der Waals surface area contributed by atoms with Crippen LogP contribution in [0.4, 0.5) is 5.69 Å². The maximum atomic E-state index is 12.9. The van der Waals surface area contributed by atoms with Gasteiger partial charge in [-0.05, 0) is 18.2 Å². The average molecular weight is 407 g/mol. The molecule has 28 heavy (non-hydrogen) atoms. The molecular formula is C20H25ClN3O4+. The number of carbonyl (C=O) groups is 3. The number of carbonyl (C=O) groups excluding carboxylic acids is 3. The van der Waals surface area contributed by atoms with Crippen LogP contribution in [0, 0.1) is 5.92 Å². The van der Waals surface area contributed by atoms with E-state index in [9.17, 15) is 14.4 Å². The van der Waals surface area contributed by atoms with Crippen LogP contribution in [0.5, 0.6) is 0 Å². The first-order chi connectivity index (χ1) is 13.5. The molecule has 3 saturated heterocycles. The van der Waals surface area contributed by atoms with E-state index in [-0.39, 0.29) is 36.1 Å². The van der Waals surface area contributed by atoms with E-state index in [4.69, 9.17) is 16.3 Å². The molecule has 3 amide bonds. The van der Waals surface area contributed by atoms with Crippen LogP contribution in [-0.2, 0) is 19.1 Å². The molecule has 3 fully saturated rings. The van der Waals surface area contributed by atoms with E-state index in [2.05, 4.69) is 0 Å². The minimum atomic E-state index is -0.370. The molecule has 8 heteroatoms. The Kier molecular flexibility index (Phi) is 5.66. The molecule has 3 aliphatic rings. The van der Waals surface area contributed by atoms with Crippen LogP contribution in [0.15, 0.2) is 24.3 Å². The number of morpholine rings is 1. The third-order valence-electron chi connectivity index (χ3n) is 6.01. The van der Waals surface area contributed by atoms with E-state index in [1.54, 1.807) is 24.3 Å². The van der Waals surface area contributed by atoms with Gasteiger partial charge in [0.15, 0.2) is 6.04 Å². The number of anilines is 1. The zero-order chi connectivity index (χ0) is 19.7. The number of benzene rings is 1. The fourth-order valence-corrected chi connectivity index (χ4v) is 4.65. The third kappa shape index (κ3) is 3.79. The van der Waals surface area contributed by atoms with Crippen molar-refractivity contribution in [3.63, 3.8) is 0 Å². The van der Waals surface area contributed by atoms with Crippen molar-refractivity contribution >= 4 is 35.0 Å². The smallest absolute Gasteiger partial charge is 0.292 e. The van der Waals surface area contributed by atoms with E-state index in [1.165, 1.54) is 4.90 Å². The topological polar surface area (TPSA) is 71.4 Å². The fraction of sp³-hybridized carbons (Fsp3) is 0.550. The van der Waals surface area contributed by atoms with E-state index in [1.807, 2.05) is 4.90 Å². The highest BCUT2D eigenvalue weighted by atomic mass is 35.5. The zero-order valence-electron chi connectivity index (χ0n) is 15.7. The van der Waals surface area contributed by atoms with Crippen molar-refractivity contribution in [3.8, 4) is 0 Å². The fourth-order valence-electron chi connectivity index (χ4n) is 4.46. The number of halogens is 1. The van der Waals surface area contributed by atoms with E-state index in [0.717, 1.165) is 30.8 Å².